The van der Waals surface area contributed by atoms with E-state index in [0.29, 0.717) is 24.2 Å². The second kappa shape index (κ2) is 12.7. The number of rotatable bonds is 8. The van der Waals surface area contributed by atoms with Crippen molar-refractivity contribution in [3.63, 3.8) is 0 Å². The van der Waals surface area contributed by atoms with E-state index in [9.17, 15) is 40.3 Å². The van der Waals surface area contributed by atoms with Crippen LogP contribution in [0.4, 0.5) is 30.7 Å². The zero-order valence-corrected chi connectivity index (χ0v) is 22.7. The number of halogens is 7. The van der Waals surface area contributed by atoms with Gasteiger partial charge in [-0.25, -0.2) is 4.39 Å². The van der Waals surface area contributed by atoms with Crippen LogP contribution in [-0.2, 0) is 36.2 Å². The quantitative estimate of drug-likeness (QED) is 0.304. The van der Waals surface area contributed by atoms with E-state index >= 15 is 0 Å². The van der Waals surface area contributed by atoms with E-state index in [-0.39, 0.29) is 50.1 Å². The number of esters is 1. The SMILES string of the molecule is COC(=O)C1CC(=O)CN1CCN1CCOC(OC(C)c2cc(C(F)(F)F)cc(C(F)(F)F)c2)C1c1ccc(F)cc1. The van der Waals surface area contributed by atoms with E-state index in [4.69, 9.17) is 14.2 Å². The van der Waals surface area contributed by atoms with Crippen molar-refractivity contribution >= 4 is 11.8 Å². The maximum atomic E-state index is 13.7. The van der Waals surface area contributed by atoms with Gasteiger partial charge in [0, 0.05) is 26.1 Å². The molecule has 0 amide bonds. The van der Waals surface area contributed by atoms with Gasteiger partial charge in [-0.3, -0.25) is 19.4 Å². The molecule has 7 nitrogen and oxygen atoms in total. The van der Waals surface area contributed by atoms with Gasteiger partial charge in [-0.2, -0.15) is 26.3 Å². The standard InChI is InChI=1S/C28H29F7N2O5/c1-16(18-11-19(27(30,31)32)13-20(12-18)28(33,34)35)42-26-24(17-3-5-21(29)6-4-17)36(9-10-41-26)7-8-37-15-22(38)14-23(37)25(39)40-2/h3-6,11-13,16,23-24,26H,7-10,14-15H2,1-2H3. The summed E-state index contributed by atoms with van der Waals surface area (Å²) in [5, 5.41) is 0. The number of ether oxygens (including phenoxy) is 3. The Kier molecular flexibility index (Phi) is 9.60. The molecule has 0 aromatic heterocycles. The monoisotopic (exact) mass is 606 g/mol. The van der Waals surface area contributed by atoms with Gasteiger partial charge in [-0.05, 0) is 48.4 Å². The number of morpholine rings is 1. The van der Waals surface area contributed by atoms with Crippen LogP contribution in [0.3, 0.4) is 0 Å². The Hall–Kier alpha value is -3.07. The van der Waals surface area contributed by atoms with Gasteiger partial charge < -0.3 is 14.2 Å². The number of benzene rings is 2. The summed E-state index contributed by atoms with van der Waals surface area (Å²) in [5.41, 5.74) is -2.77. The van der Waals surface area contributed by atoms with Crippen molar-refractivity contribution in [1.29, 1.82) is 0 Å². The third kappa shape index (κ3) is 7.46. The highest BCUT2D eigenvalue weighted by molar-refractivity contribution is 5.91. The Morgan fingerprint density at radius 3 is 2.17 bits per heavy atom. The van der Waals surface area contributed by atoms with Crippen LogP contribution in [0.1, 0.15) is 47.7 Å². The predicted molar refractivity (Wildman–Crippen MR) is 133 cm³/mol. The number of methoxy groups -OCH3 is 1. The first-order valence-electron chi connectivity index (χ1n) is 13.1. The summed E-state index contributed by atoms with van der Waals surface area (Å²) in [6.45, 7) is 2.33. The molecule has 4 rings (SSSR count). The summed E-state index contributed by atoms with van der Waals surface area (Å²) in [7, 11) is 1.22. The third-order valence-corrected chi connectivity index (χ3v) is 7.33. The van der Waals surface area contributed by atoms with E-state index < -0.39 is 59.7 Å². The lowest BCUT2D eigenvalue weighted by Gasteiger charge is -2.42. The molecular weight excluding hydrogens is 577 g/mol. The van der Waals surface area contributed by atoms with Crippen LogP contribution >= 0.6 is 0 Å². The third-order valence-electron chi connectivity index (χ3n) is 7.33. The number of ketones is 1. The molecule has 14 heteroatoms. The van der Waals surface area contributed by atoms with Gasteiger partial charge in [-0.15, -0.1) is 0 Å². The first-order chi connectivity index (χ1) is 19.7. The second-order valence-electron chi connectivity index (χ2n) is 10.1. The lowest BCUT2D eigenvalue weighted by molar-refractivity contribution is -0.230. The fraction of sp³-hybridized carbons (Fsp3) is 0.500. The summed E-state index contributed by atoms with van der Waals surface area (Å²) in [6.07, 6.45) is -12.5. The minimum atomic E-state index is -5.02. The van der Waals surface area contributed by atoms with Crippen molar-refractivity contribution in [2.75, 3.05) is 39.9 Å². The van der Waals surface area contributed by atoms with Crippen LogP contribution < -0.4 is 0 Å². The van der Waals surface area contributed by atoms with Gasteiger partial charge in [0.05, 0.1) is 43.5 Å². The maximum absolute atomic E-state index is 13.7. The molecule has 0 bridgehead atoms. The zero-order valence-electron chi connectivity index (χ0n) is 22.7. The smallest absolute Gasteiger partial charge is 0.416 e. The van der Waals surface area contributed by atoms with Crippen LogP contribution in [0.15, 0.2) is 42.5 Å². The summed E-state index contributed by atoms with van der Waals surface area (Å²) >= 11 is 0. The molecule has 2 aromatic rings. The van der Waals surface area contributed by atoms with E-state index in [0.717, 1.165) is 0 Å². The molecule has 4 atom stereocenters. The molecule has 230 valence electrons. The topological polar surface area (TPSA) is 68.3 Å². The average Bonchev–Trinajstić information content (AvgIpc) is 3.31. The number of alkyl halides is 6. The number of hydrogen-bond acceptors (Lipinski definition) is 7. The van der Waals surface area contributed by atoms with Gasteiger partial charge in [0.15, 0.2) is 6.29 Å². The molecule has 2 fully saturated rings. The van der Waals surface area contributed by atoms with Gasteiger partial charge in [0.25, 0.3) is 0 Å². The minimum Gasteiger partial charge on any atom is -0.468 e. The van der Waals surface area contributed by atoms with Crippen LogP contribution in [-0.4, -0.2) is 73.8 Å². The molecule has 2 aliphatic rings. The molecule has 0 radical (unpaired) electrons. The molecule has 42 heavy (non-hydrogen) atoms. The fourth-order valence-electron chi connectivity index (χ4n) is 5.18. The van der Waals surface area contributed by atoms with E-state index in [1.165, 1.54) is 38.3 Å². The molecule has 2 heterocycles. The van der Waals surface area contributed by atoms with Crippen molar-refractivity contribution in [3.05, 3.63) is 70.5 Å². The molecule has 2 aromatic carbocycles. The Morgan fingerprint density at radius 2 is 1.60 bits per heavy atom. The Labute approximate surface area is 237 Å². The largest absolute Gasteiger partial charge is 0.468 e. The molecule has 2 aliphatic heterocycles. The highest BCUT2D eigenvalue weighted by Gasteiger charge is 2.41. The van der Waals surface area contributed by atoms with Gasteiger partial charge in [0.1, 0.15) is 17.6 Å². The van der Waals surface area contributed by atoms with E-state index in [1.54, 1.807) is 4.90 Å². The number of likely N-dealkylation sites (tertiary alicyclic amines) is 1. The second-order valence-corrected chi connectivity index (χ2v) is 10.1. The molecule has 0 saturated carbocycles. The zero-order chi connectivity index (χ0) is 30.8. The van der Waals surface area contributed by atoms with Crippen LogP contribution in [0.2, 0.25) is 0 Å². The summed E-state index contributed by atoms with van der Waals surface area (Å²) < 4.78 is 111. The normalized spacial score (nSPS) is 23.3. The fourth-order valence-corrected chi connectivity index (χ4v) is 5.18. The van der Waals surface area contributed by atoms with Gasteiger partial charge in [-0.1, -0.05) is 12.1 Å². The van der Waals surface area contributed by atoms with Crippen molar-refractivity contribution in [1.82, 2.24) is 9.80 Å². The predicted octanol–water partition coefficient (Wildman–Crippen LogP) is 5.16. The van der Waals surface area contributed by atoms with Crippen LogP contribution in [0.5, 0.6) is 0 Å². The Balaban J connectivity index is 1.60. The first-order valence-corrected chi connectivity index (χ1v) is 13.1. The van der Waals surface area contributed by atoms with Gasteiger partial charge in [0.2, 0.25) is 0 Å². The highest BCUT2D eigenvalue weighted by atomic mass is 19.4. The van der Waals surface area contributed by atoms with Crippen molar-refractivity contribution < 1.29 is 54.5 Å². The first kappa shape index (κ1) is 31.9. The number of Topliss-reactive ketones (excluding diaryl/α,β-unsaturated/α-hetero) is 1. The lowest BCUT2D eigenvalue weighted by atomic mass is 10.0. The Morgan fingerprint density at radius 1 is 1.00 bits per heavy atom. The lowest BCUT2D eigenvalue weighted by Crippen LogP contribution is -2.50. The molecule has 0 aliphatic carbocycles. The number of hydrogen-bond donors (Lipinski definition) is 0. The molecule has 4 unspecified atom stereocenters. The summed E-state index contributed by atoms with van der Waals surface area (Å²) in [5.74, 6) is -1.20. The van der Waals surface area contributed by atoms with Crippen LogP contribution in [0.25, 0.3) is 0 Å². The Bertz CT molecular complexity index is 1240. The summed E-state index contributed by atoms with van der Waals surface area (Å²) in [6, 6.07) is 5.12. The number of nitrogens with zero attached hydrogens (tertiary/aromatic N) is 2. The molecule has 0 spiro atoms. The average molecular weight is 607 g/mol. The molecular formula is C28H29F7N2O5. The van der Waals surface area contributed by atoms with Crippen molar-refractivity contribution in [2.45, 2.75) is 50.2 Å². The van der Waals surface area contributed by atoms with E-state index in [1.807, 2.05) is 4.90 Å². The molecule has 2 saturated heterocycles. The maximum Gasteiger partial charge on any atom is 0.416 e. The minimum absolute atomic E-state index is 0.0112. The van der Waals surface area contributed by atoms with Gasteiger partial charge >= 0.3 is 18.3 Å². The van der Waals surface area contributed by atoms with E-state index in [2.05, 4.69) is 0 Å². The van der Waals surface area contributed by atoms with Crippen molar-refractivity contribution in [3.8, 4) is 0 Å². The number of carbonyl (C=O) groups is 2. The molecule has 0 N–H and O–H groups in total. The highest BCUT2D eigenvalue weighted by Crippen LogP contribution is 2.39. The van der Waals surface area contributed by atoms with Crippen LogP contribution in [0, 0.1) is 5.82 Å². The van der Waals surface area contributed by atoms with Crippen molar-refractivity contribution in [2.24, 2.45) is 0 Å². The summed E-state index contributed by atoms with van der Waals surface area (Å²) in [4.78, 5) is 27.8. The number of carbonyl (C=O) groups excluding carboxylic acids is 2.